The molecule has 0 spiro atoms. The minimum absolute atomic E-state index is 0.125. The van der Waals surface area contributed by atoms with Crippen molar-refractivity contribution in [1.82, 2.24) is 0 Å². The van der Waals surface area contributed by atoms with Gasteiger partial charge in [0.1, 0.15) is 0 Å². The van der Waals surface area contributed by atoms with Gasteiger partial charge in [-0.15, -0.1) is 11.3 Å². The molecule has 3 rings (SSSR count). The summed E-state index contributed by atoms with van der Waals surface area (Å²) in [7, 11) is 0. The van der Waals surface area contributed by atoms with Crippen LogP contribution in [0.1, 0.15) is 0 Å². The molecule has 0 saturated heterocycles. The molecule has 0 atom stereocenters. The number of carbonyl (C=O) groups is 2. The number of aliphatic hydroxyl groups excluding tert-OH is 2. The number of aliphatic carboxylic acids is 1. The second kappa shape index (κ2) is 10.2. The molecule has 0 unspecified atom stereocenters. The van der Waals surface area contributed by atoms with Crippen LogP contribution in [0.15, 0.2) is 53.3 Å². The lowest BCUT2D eigenvalue weighted by molar-refractivity contribution is -0.143. The maximum atomic E-state index is 12.1. The summed E-state index contributed by atoms with van der Waals surface area (Å²) in [5.41, 5.74) is 0.139. The Morgan fingerprint density at radius 2 is 1.29 bits per heavy atom. The molecule has 2 aromatic carbocycles. The van der Waals surface area contributed by atoms with E-state index in [2.05, 4.69) is 0 Å². The van der Waals surface area contributed by atoms with Gasteiger partial charge < -0.3 is 15.3 Å². The Bertz CT molecular complexity index is 812. The van der Waals surface area contributed by atoms with Crippen LogP contribution in [0.2, 0.25) is 0 Å². The Labute approximate surface area is 141 Å². The van der Waals surface area contributed by atoms with Crippen molar-refractivity contribution in [1.29, 1.82) is 0 Å². The number of carboxylic acids is 1. The number of aldehydes is 1. The van der Waals surface area contributed by atoms with E-state index >= 15 is 0 Å². The lowest BCUT2D eigenvalue weighted by Crippen LogP contribution is -1.99. The summed E-state index contributed by atoms with van der Waals surface area (Å²) in [4.78, 5) is 30.0. The van der Waals surface area contributed by atoms with Crippen LogP contribution < -0.4 is 5.43 Å². The van der Waals surface area contributed by atoms with Gasteiger partial charge in [-0.25, -0.2) is 4.79 Å². The van der Waals surface area contributed by atoms with E-state index in [1.807, 2.05) is 48.5 Å². The van der Waals surface area contributed by atoms with Gasteiger partial charge >= 0.3 is 5.97 Å². The molecular formula is C17H16O6S. The van der Waals surface area contributed by atoms with Gasteiger partial charge in [-0.3, -0.25) is 9.59 Å². The maximum Gasteiger partial charge on any atom is 0.368 e. The third kappa shape index (κ3) is 5.54. The quantitative estimate of drug-likeness (QED) is 0.369. The van der Waals surface area contributed by atoms with E-state index in [1.54, 1.807) is 11.3 Å². The zero-order valence-electron chi connectivity index (χ0n) is 12.6. The highest BCUT2D eigenvalue weighted by Crippen LogP contribution is 2.23. The van der Waals surface area contributed by atoms with Crippen molar-refractivity contribution < 1.29 is 24.9 Å². The van der Waals surface area contributed by atoms with E-state index in [-0.39, 0.29) is 24.9 Å². The van der Waals surface area contributed by atoms with Crippen molar-refractivity contribution in [2.45, 2.75) is 0 Å². The molecule has 1 aromatic heterocycles. The van der Waals surface area contributed by atoms with Gasteiger partial charge in [0, 0.05) is 20.2 Å². The molecule has 1 heterocycles. The third-order valence-corrected chi connectivity index (χ3v) is 3.84. The van der Waals surface area contributed by atoms with E-state index in [9.17, 15) is 4.79 Å². The van der Waals surface area contributed by atoms with Crippen molar-refractivity contribution in [2.75, 3.05) is 13.2 Å². The fraction of sp³-hybridized carbons (Fsp3) is 0.118. The van der Waals surface area contributed by atoms with Crippen LogP contribution in [0.3, 0.4) is 0 Å². The maximum absolute atomic E-state index is 12.1. The Balaban J connectivity index is 0.000000270. The van der Waals surface area contributed by atoms with Crippen LogP contribution >= 0.6 is 11.3 Å². The fourth-order valence-electron chi connectivity index (χ4n) is 1.75. The average molecular weight is 348 g/mol. The first-order valence-electron chi connectivity index (χ1n) is 6.85. The van der Waals surface area contributed by atoms with Crippen molar-refractivity contribution >= 4 is 43.8 Å². The topological polar surface area (TPSA) is 112 Å². The molecule has 24 heavy (non-hydrogen) atoms. The Morgan fingerprint density at radius 3 is 1.62 bits per heavy atom. The Kier molecular flexibility index (Phi) is 8.28. The van der Waals surface area contributed by atoms with E-state index in [4.69, 9.17) is 24.9 Å². The zero-order chi connectivity index (χ0) is 17.9. The number of aliphatic hydroxyl groups is 2. The number of carbonyl (C=O) groups excluding carboxylic acids is 1. The second-order valence-electron chi connectivity index (χ2n) is 4.33. The molecule has 3 aromatic rings. The van der Waals surface area contributed by atoms with Gasteiger partial charge in [-0.2, -0.15) is 0 Å². The largest absolute Gasteiger partial charge is 0.476 e. The molecule has 0 amide bonds. The minimum Gasteiger partial charge on any atom is -0.476 e. The van der Waals surface area contributed by atoms with Crippen LogP contribution in [0, 0.1) is 0 Å². The lowest BCUT2D eigenvalue weighted by Gasteiger charge is -1.99. The number of hydrogen-bond acceptors (Lipinski definition) is 6. The van der Waals surface area contributed by atoms with Crippen molar-refractivity contribution in [3.63, 3.8) is 0 Å². The standard InChI is InChI=1S/C13H8OS.C2H2O3.C2H6O2/c14-13-9-5-1-3-7-11(9)15-12-8-4-2-6-10(12)13;3-1-2(4)5;3-1-2-4/h1-8H;1H,(H,4,5);3-4H,1-2H2. The number of fused-ring (bicyclic) bond motifs is 2. The van der Waals surface area contributed by atoms with Gasteiger partial charge in [0.15, 0.2) is 5.43 Å². The first-order chi connectivity index (χ1) is 11.5. The molecule has 0 radical (unpaired) electrons. The Morgan fingerprint density at radius 1 is 0.917 bits per heavy atom. The highest BCUT2D eigenvalue weighted by molar-refractivity contribution is 7.24. The number of rotatable bonds is 2. The SMILES string of the molecule is O=CC(=O)O.O=c1c2ccccc2sc2ccccc12.OCCO. The molecule has 0 bridgehead atoms. The average Bonchev–Trinajstić information content (AvgIpc) is 2.63. The normalized spacial score (nSPS) is 9.42. The summed E-state index contributed by atoms with van der Waals surface area (Å²) < 4.78 is 2.11. The van der Waals surface area contributed by atoms with Crippen molar-refractivity contribution in [3.05, 3.63) is 58.8 Å². The molecule has 3 N–H and O–H groups in total. The number of carboxylic acid groups (broad SMARTS) is 1. The molecule has 0 aliphatic rings. The molecule has 126 valence electrons. The smallest absolute Gasteiger partial charge is 0.368 e. The van der Waals surface area contributed by atoms with Crippen LogP contribution in [0.25, 0.3) is 20.2 Å². The molecule has 0 fully saturated rings. The molecule has 0 aliphatic carbocycles. The summed E-state index contributed by atoms with van der Waals surface area (Å²) in [6.45, 7) is -0.250. The van der Waals surface area contributed by atoms with E-state index in [1.165, 1.54) is 0 Å². The zero-order valence-corrected chi connectivity index (χ0v) is 13.4. The molecule has 6 nitrogen and oxygen atoms in total. The van der Waals surface area contributed by atoms with Gasteiger partial charge in [0.2, 0.25) is 6.29 Å². The van der Waals surface area contributed by atoms with Gasteiger partial charge in [-0.05, 0) is 24.3 Å². The van der Waals surface area contributed by atoms with E-state index in [0.29, 0.717) is 0 Å². The summed E-state index contributed by atoms with van der Waals surface area (Å²) in [6.07, 6.45) is -0.167. The summed E-state index contributed by atoms with van der Waals surface area (Å²) in [5.74, 6) is -1.43. The van der Waals surface area contributed by atoms with Gasteiger partial charge in [0.25, 0.3) is 0 Å². The van der Waals surface area contributed by atoms with Crippen LogP contribution in [-0.2, 0) is 9.59 Å². The van der Waals surface area contributed by atoms with Crippen LogP contribution in [-0.4, -0.2) is 40.8 Å². The monoisotopic (exact) mass is 348 g/mol. The predicted octanol–water partition coefficient (Wildman–Crippen LogP) is 1.66. The Hall–Kier alpha value is -2.61. The lowest BCUT2D eigenvalue weighted by atomic mass is 10.2. The molecular weight excluding hydrogens is 332 g/mol. The summed E-state index contributed by atoms with van der Waals surface area (Å²) in [5, 5.41) is 24.2. The first kappa shape index (κ1) is 19.4. The molecule has 7 heteroatoms. The number of benzene rings is 2. The van der Waals surface area contributed by atoms with E-state index < -0.39 is 5.97 Å². The highest BCUT2D eigenvalue weighted by atomic mass is 32.1. The fourth-order valence-corrected chi connectivity index (χ4v) is 2.82. The van der Waals surface area contributed by atoms with Crippen molar-refractivity contribution in [3.8, 4) is 0 Å². The molecule has 0 aliphatic heterocycles. The van der Waals surface area contributed by atoms with E-state index in [0.717, 1.165) is 20.2 Å². The predicted molar refractivity (Wildman–Crippen MR) is 93.5 cm³/mol. The van der Waals surface area contributed by atoms with Crippen LogP contribution in [0.5, 0.6) is 0 Å². The first-order valence-corrected chi connectivity index (χ1v) is 7.67. The highest BCUT2D eigenvalue weighted by Gasteiger charge is 2.03. The second-order valence-corrected chi connectivity index (χ2v) is 5.41. The summed E-state index contributed by atoms with van der Waals surface area (Å²) in [6, 6.07) is 15.5. The van der Waals surface area contributed by atoms with Crippen molar-refractivity contribution in [2.24, 2.45) is 0 Å². The third-order valence-electron chi connectivity index (χ3n) is 2.68. The minimum atomic E-state index is -1.43. The number of hydrogen-bond donors (Lipinski definition) is 3. The summed E-state index contributed by atoms with van der Waals surface area (Å²) >= 11 is 1.67. The van der Waals surface area contributed by atoms with Gasteiger partial charge in [0.05, 0.1) is 13.2 Å². The van der Waals surface area contributed by atoms with Crippen LogP contribution in [0.4, 0.5) is 0 Å². The van der Waals surface area contributed by atoms with Gasteiger partial charge in [-0.1, -0.05) is 24.3 Å². The molecule has 0 saturated carbocycles.